The van der Waals surface area contributed by atoms with Gasteiger partial charge in [0.2, 0.25) is 5.91 Å². The molecule has 0 bridgehead atoms. The number of nitrogens with zero attached hydrogens (tertiary/aromatic N) is 3. The predicted molar refractivity (Wildman–Crippen MR) is 87.7 cm³/mol. The molecule has 22 heavy (non-hydrogen) atoms. The van der Waals surface area contributed by atoms with Gasteiger partial charge in [-0.3, -0.25) is 4.79 Å². The first-order valence-corrected chi connectivity index (χ1v) is 8.06. The van der Waals surface area contributed by atoms with Crippen LogP contribution in [-0.4, -0.2) is 40.4 Å². The van der Waals surface area contributed by atoms with E-state index in [-0.39, 0.29) is 5.91 Å². The molecule has 1 aromatic carbocycles. The number of carbonyl (C=O) groups is 1. The van der Waals surface area contributed by atoms with E-state index >= 15 is 0 Å². The Kier molecular flexibility index (Phi) is 4.83. The molecule has 1 aliphatic heterocycles. The largest absolute Gasteiger partial charge is 0.369 e. The second kappa shape index (κ2) is 7.20. The Bertz CT molecular complexity index is 630. The molecule has 5 heteroatoms. The average molecular weight is 298 g/mol. The van der Waals surface area contributed by atoms with Crippen LogP contribution in [0.1, 0.15) is 32.1 Å². The van der Waals surface area contributed by atoms with Gasteiger partial charge in [0.1, 0.15) is 12.1 Å². The SMILES string of the molecule is O=C(CCNc1ncnc2ccccc12)N1CCCCCC1. The van der Waals surface area contributed by atoms with Gasteiger partial charge in [0.25, 0.3) is 0 Å². The van der Waals surface area contributed by atoms with Crippen molar-refractivity contribution in [2.24, 2.45) is 0 Å². The standard InChI is InChI=1S/C17H22N4O/c22-16(21-11-5-1-2-6-12-21)9-10-18-17-14-7-3-4-8-15(14)19-13-20-17/h3-4,7-8,13H,1-2,5-6,9-12H2,(H,18,19,20). The molecule has 0 spiro atoms. The summed E-state index contributed by atoms with van der Waals surface area (Å²) >= 11 is 0. The zero-order valence-electron chi connectivity index (χ0n) is 12.8. The molecular formula is C17H22N4O. The molecule has 2 aromatic rings. The topological polar surface area (TPSA) is 58.1 Å². The predicted octanol–water partition coefficient (Wildman–Crippen LogP) is 2.83. The Morgan fingerprint density at radius 3 is 2.68 bits per heavy atom. The normalized spacial score (nSPS) is 15.5. The second-order valence-electron chi connectivity index (χ2n) is 5.71. The number of benzene rings is 1. The third kappa shape index (κ3) is 3.53. The number of likely N-dealkylation sites (tertiary alicyclic amines) is 1. The number of rotatable bonds is 4. The van der Waals surface area contributed by atoms with Crippen LogP contribution in [0.25, 0.3) is 10.9 Å². The smallest absolute Gasteiger partial charge is 0.224 e. The molecule has 1 saturated heterocycles. The fourth-order valence-electron chi connectivity index (χ4n) is 2.91. The third-order valence-electron chi connectivity index (χ3n) is 4.13. The Morgan fingerprint density at radius 1 is 1.09 bits per heavy atom. The molecule has 0 radical (unpaired) electrons. The van der Waals surface area contributed by atoms with E-state index in [1.165, 1.54) is 12.8 Å². The minimum atomic E-state index is 0.243. The van der Waals surface area contributed by atoms with E-state index < -0.39 is 0 Å². The zero-order valence-corrected chi connectivity index (χ0v) is 12.8. The molecule has 0 saturated carbocycles. The van der Waals surface area contributed by atoms with E-state index in [0.29, 0.717) is 13.0 Å². The highest BCUT2D eigenvalue weighted by Gasteiger charge is 2.15. The summed E-state index contributed by atoms with van der Waals surface area (Å²) in [5.74, 6) is 1.04. The summed E-state index contributed by atoms with van der Waals surface area (Å²) in [6, 6.07) is 7.89. The van der Waals surface area contributed by atoms with Crippen molar-refractivity contribution in [3.05, 3.63) is 30.6 Å². The Morgan fingerprint density at radius 2 is 1.86 bits per heavy atom. The number of hydrogen-bond donors (Lipinski definition) is 1. The van der Waals surface area contributed by atoms with Crippen LogP contribution in [0, 0.1) is 0 Å². The molecule has 1 N–H and O–H groups in total. The van der Waals surface area contributed by atoms with Gasteiger partial charge in [-0.2, -0.15) is 0 Å². The maximum atomic E-state index is 12.3. The summed E-state index contributed by atoms with van der Waals surface area (Å²) in [6.07, 6.45) is 6.83. The van der Waals surface area contributed by atoms with E-state index in [9.17, 15) is 4.79 Å². The molecule has 2 heterocycles. The molecule has 0 atom stereocenters. The number of carbonyl (C=O) groups excluding carboxylic acids is 1. The molecule has 0 unspecified atom stereocenters. The monoisotopic (exact) mass is 298 g/mol. The first-order valence-electron chi connectivity index (χ1n) is 8.06. The fourth-order valence-corrected chi connectivity index (χ4v) is 2.91. The number of nitrogens with one attached hydrogen (secondary N) is 1. The Balaban J connectivity index is 1.56. The maximum absolute atomic E-state index is 12.3. The molecule has 1 fully saturated rings. The molecular weight excluding hydrogens is 276 g/mol. The molecule has 116 valence electrons. The highest BCUT2D eigenvalue weighted by molar-refractivity contribution is 5.88. The number of para-hydroxylation sites is 1. The summed E-state index contributed by atoms with van der Waals surface area (Å²) in [4.78, 5) is 22.8. The first kappa shape index (κ1) is 14.8. The zero-order chi connectivity index (χ0) is 15.2. The molecule has 5 nitrogen and oxygen atoms in total. The van der Waals surface area contributed by atoms with E-state index in [4.69, 9.17) is 0 Å². The van der Waals surface area contributed by atoms with E-state index in [1.807, 2.05) is 29.2 Å². The number of aromatic nitrogens is 2. The summed E-state index contributed by atoms with van der Waals surface area (Å²) < 4.78 is 0. The van der Waals surface area contributed by atoms with Crippen molar-refractivity contribution in [2.75, 3.05) is 25.0 Å². The number of fused-ring (bicyclic) bond motifs is 1. The second-order valence-corrected chi connectivity index (χ2v) is 5.71. The van der Waals surface area contributed by atoms with Crippen molar-refractivity contribution in [2.45, 2.75) is 32.1 Å². The number of anilines is 1. The number of hydrogen-bond acceptors (Lipinski definition) is 4. The maximum Gasteiger partial charge on any atom is 0.224 e. The van der Waals surface area contributed by atoms with Crippen LogP contribution >= 0.6 is 0 Å². The van der Waals surface area contributed by atoms with Crippen LogP contribution in [0.3, 0.4) is 0 Å². The lowest BCUT2D eigenvalue weighted by Crippen LogP contribution is -2.32. The molecule has 0 aliphatic carbocycles. The number of amides is 1. The lowest BCUT2D eigenvalue weighted by molar-refractivity contribution is -0.130. The van der Waals surface area contributed by atoms with Crippen LogP contribution in [0.5, 0.6) is 0 Å². The lowest BCUT2D eigenvalue weighted by atomic mass is 10.2. The van der Waals surface area contributed by atoms with Crippen molar-refractivity contribution in [1.82, 2.24) is 14.9 Å². The van der Waals surface area contributed by atoms with Crippen LogP contribution in [0.2, 0.25) is 0 Å². The first-order chi connectivity index (χ1) is 10.8. The third-order valence-corrected chi connectivity index (χ3v) is 4.13. The molecule has 1 aliphatic rings. The van der Waals surface area contributed by atoms with Gasteiger partial charge in [0.05, 0.1) is 5.52 Å². The van der Waals surface area contributed by atoms with Crippen LogP contribution < -0.4 is 5.32 Å². The highest BCUT2D eigenvalue weighted by atomic mass is 16.2. The highest BCUT2D eigenvalue weighted by Crippen LogP contribution is 2.18. The van der Waals surface area contributed by atoms with Gasteiger partial charge in [-0.15, -0.1) is 0 Å². The fraction of sp³-hybridized carbons (Fsp3) is 0.471. The van der Waals surface area contributed by atoms with Gasteiger partial charge in [-0.25, -0.2) is 9.97 Å². The van der Waals surface area contributed by atoms with Crippen LogP contribution in [-0.2, 0) is 4.79 Å². The van der Waals surface area contributed by atoms with E-state index in [2.05, 4.69) is 15.3 Å². The van der Waals surface area contributed by atoms with Crippen molar-refractivity contribution < 1.29 is 4.79 Å². The van der Waals surface area contributed by atoms with Crippen molar-refractivity contribution in [1.29, 1.82) is 0 Å². The Labute approximate surface area is 130 Å². The van der Waals surface area contributed by atoms with Gasteiger partial charge in [0, 0.05) is 31.4 Å². The Hall–Kier alpha value is -2.17. The summed E-state index contributed by atoms with van der Waals surface area (Å²) in [6.45, 7) is 2.43. The van der Waals surface area contributed by atoms with Gasteiger partial charge in [0.15, 0.2) is 0 Å². The summed E-state index contributed by atoms with van der Waals surface area (Å²) in [5, 5.41) is 4.27. The van der Waals surface area contributed by atoms with Gasteiger partial charge in [-0.05, 0) is 25.0 Å². The summed E-state index contributed by atoms with van der Waals surface area (Å²) in [5.41, 5.74) is 0.916. The molecule has 3 rings (SSSR count). The molecule has 1 amide bonds. The quantitative estimate of drug-likeness (QED) is 0.943. The van der Waals surface area contributed by atoms with E-state index in [0.717, 1.165) is 42.7 Å². The van der Waals surface area contributed by atoms with Crippen molar-refractivity contribution >= 4 is 22.6 Å². The average Bonchev–Trinajstić information content (AvgIpc) is 2.84. The van der Waals surface area contributed by atoms with Crippen LogP contribution in [0.4, 0.5) is 5.82 Å². The van der Waals surface area contributed by atoms with E-state index in [1.54, 1.807) is 6.33 Å². The molecule has 1 aromatic heterocycles. The van der Waals surface area contributed by atoms with Gasteiger partial charge >= 0.3 is 0 Å². The van der Waals surface area contributed by atoms with Crippen molar-refractivity contribution in [3.63, 3.8) is 0 Å². The lowest BCUT2D eigenvalue weighted by Gasteiger charge is -2.20. The summed E-state index contributed by atoms with van der Waals surface area (Å²) in [7, 11) is 0. The van der Waals surface area contributed by atoms with Crippen molar-refractivity contribution in [3.8, 4) is 0 Å². The van der Waals surface area contributed by atoms with Gasteiger partial charge in [-0.1, -0.05) is 25.0 Å². The minimum Gasteiger partial charge on any atom is -0.369 e. The van der Waals surface area contributed by atoms with Gasteiger partial charge < -0.3 is 10.2 Å². The van der Waals surface area contributed by atoms with Crippen LogP contribution in [0.15, 0.2) is 30.6 Å². The minimum absolute atomic E-state index is 0.243.